The van der Waals surface area contributed by atoms with Crippen molar-refractivity contribution in [3.8, 4) is 16.9 Å². The Labute approximate surface area is 136 Å². The first-order valence-corrected chi connectivity index (χ1v) is 7.48. The lowest BCUT2D eigenvalue weighted by Gasteiger charge is -2.12. The van der Waals surface area contributed by atoms with Gasteiger partial charge in [0.2, 0.25) is 0 Å². The molecule has 0 atom stereocenters. The predicted octanol–water partition coefficient (Wildman–Crippen LogP) is 3.83. The zero-order valence-electron chi connectivity index (χ0n) is 13.2. The molecule has 0 unspecified atom stereocenters. The maximum absolute atomic E-state index is 11.5. The van der Waals surface area contributed by atoms with Crippen LogP contribution < -0.4 is 4.74 Å². The van der Waals surface area contributed by atoms with Gasteiger partial charge in [-0.2, -0.15) is 0 Å². The molecule has 2 aromatic carbocycles. The standard InChI is InChI=1S/C19H20O4/c1-3-21-15(2)19(20)23-14-13-22-18-12-8-7-11-17(18)16-9-5-4-6-10-16/h4-12H,2-3,13-14H2,1H3. The summed E-state index contributed by atoms with van der Waals surface area (Å²) in [6.07, 6.45) is 0. The number of hydrogen-bond acceptors (Lipinski definition) is 4. The summed E-state index contributed by atoms with van der Waals surface area (Å²) < 4.78 is 15.8. The second-order valence-electron chi connectivity index (χ2n) is 4.70. The van der Waals surface area contributed by atoms with E-state index in [9.17, 15) is 4.79 Å². The summed E-state index contributed by atoms with van der Waals surface area (Å²) in [5, 5.41) is 0. The Morgan fingerprint density at radius 2 is 1.65 bits per heavy atom. The summed E-state index contributed by atoms with van der Waals surface area (Å²) in [6, 6.07) is 17.7. The van der Waals surface area contributed by atoms with Crippen LogP contribution in [0.2, 0.25) is 0 Å². The zero-order chi connectivity index (χ0) is 16.5. The molecule has 0 saturated carbocycles. The van der Waals surface area contributed by atoms with Gasteiger partial charge in [-0.1, -0.05) is 48.5 Å². The highest BCUT2D eigenvalue weighted by atomic mass is 16.6. The van der Waals surface area contributed by atoms with Crippen molar-refractivity contribution in [3.05, 3.63) is 66.9 Å². The molecule has 23 heavy (non-hydrogen) atoms. The zero-order valence-corrected chi connectivity index (χ0v) is 13.2. The minimum absolute atomic E-state index is 0.0113. The number of carbonyl (C=O) groups excluding carboxylic acids is 1. The number of esters is 1. The summed E-state index contributed by atoms with van der Waals surface area (Å²) in [7, 11) is 0. The first-order valence-electron chi connectivity index (χ1n) is 7.48. The van der Waals surface area contributed by atoms with Gasteiger partial charge in [0.25, 0.3) is 0 Å². The van der Waals surface area contributed by atoms with E-state index in [-0.39, 0.29) is 19.0 Å². The lowest BCUT2D eigenvalue weighted by Crippen LogP contribution is -2.15. The van der Waals surface area contributed by atoms with Crippen molar-refractivity contribution in [1.29, 1.82) is 0 Å². The van der Waals surface area contributed by atoms with E-state index in [4.69, 9.17) is 14.2 Å². The van der Waals surface area contributed by atoms with Crippen LogP contribution in [0.5, 0.6) is 5.75 Å². The van der Waals surface area contributed by atoms with Gasteiger partial charge in [0.1, 0.15) is 19.0 Å². The predicted molar refractivity (Wildman–Crippen MR) is 89.1 cm³/mol. The Morgan fingerprint density at radius 3 is 2.39 bits per heavy atom. The Morgan fingerprint density at radius 1 is 0.957 bits per heavy atom. The number of para-hydroxylation sites is 1. The number of benzene rings is 2. The van der Waals surface area contributed by atoms with Crippen molar-refractivity contribution in [2.75, 3.05) is 19.8 Å². The average molecular weight is 312 g/mol. The molecule has 120 valence electrons. The molecule has 0 aromatic heterocycles. The van der Waals surface area contributed by atoms with Crippen LogP contribution in [-0.4, -0.2) is 25.8 Å². The number of ether oxygens (including phenoxy) is 3. The van der Waals surface area contributed by atoms with Crippen molar-refractivity contribution >= 4 is 5.97 Å². The third kappa shape index (κ3) is 4.88. The Kier molecular flexibility index (Phi) is 6.24. The fraction of sp³-hybridized carbons (Fsp3) is 0.211. The van der Waals surface area contributed by atoms with E-state index in [0.29, 0.717) is 6.61 Å². The third-order valence-electron chi connectivity index (χ3n) is 3.09. The second-order valence-corrected chi connectivity index (χ2v) is 4.70. The molecule has 0 spiro atoms. The quantitative estimate of drug-likeness (QED) is 0.322. The first kappa shape index (κ1) is 16.6. The number of hydrogen-bond donors (Lipinski definition) is 0. The van der Waals surface area contributed by atoms with Gasteiger partial charge in [0, 0.05) is 5.56 Å². The van der Waals surface area contributed by atoms with Gasteiger partial charge in [-0.3, -0.25) is 0 Å². The summed E-state index contributed by atoms with van der Waals surface area (Å²) in [4.78, 5) is 11.5. The van der Waals surface area contributed by atoms with Crippen LogP contribution in [-0.2, 0) is 14.3 Å². The maximum atomic E-state index is 11.5. The average Bonchev–Trinajstić information content (AvgIpc) is 2.60. The molecule has 4 heteroatoms. The molecule has 2 aromatic rings. The number of carbonyl (C=O) groups is 1. The highest BCUT2D eigenvalue weighted by molar-refractivity contribution is 5.85. The Hall–Kier alpha value is -2.75. The maximum Gasteiger partial charge on any atom is 0.373 e. The molecular weight excluding hydrogens is 292 g/mol. The molecule has 0 fully saturated rings. The summed E-state index contributed by atoms with van der Waals surface area (Å²) in [5.74, 6) is 0.197. The second kappa shape index (κ2) is 8.63. The fourth-order valence-corrected chi connectivity index (χ4v) is 2.05. The third-order valence-corrected chi connectivity index (χ3v) is 3.09. The normalized spacial score (nSPS) is 9.96. The molecule has 0 bridgehead atoms. The lowest BCUT2D eigenvalue weighted by atomic mass is 10.1. The minimum Gasteiger partial charge on any atom is -0.489 e. The van der Waals surface area contributed by atoms with E-state index >= 15 is 0 Å². The van der Waals surface area contributed by atoms with Gasteiger partial charge in [-0.05, 0) is 25.1 Å². The van der Waals surface area contributed by atoms with Gasteiger partial charge >= 0.3 is 5.97 Å². The van der Waals surface area contributed by atoms with Gasteiger partial charge < -0.3 is 14.2 Å². The molecule has 0 aliphatic rings. The molecule has 0 heterocycles. The summed E-state index contributed by atoms with van der Waals surface area (Å²) in [6.45, 7) is 6.05. The topological polar surface area (TPSA) is 44.8 Å². The highest BCUT2D eigenvalue weighted by Gasteiger charge is 2.09. The first-order chi connectivity index (χ1) is 11.2. The van der Waals surface area contributed by atoms with Crippen LogP contribution in [0.4, 0.5) is 0 Å². The number of rotatable bonds is 8. The smallest absolute Gasteiger partial charge is 0.373 e. The van der Waals surface area contributed by atoms with Crippen LogP contribution in [0.3, 0.4) is 0 Å². The van der Waals surface area contributed by atoms with E-state index in [2.05, 4.69) is 6.58 Å². The van der Waals surface area contributed by atoms with Crippen molar-refractivity contribution in [2.45, 2.75) is 6.92 Å². The molecule has 2 rings (SSSR count). The summed E-state index contributed by atoms with van der Waals surface area (Å²) >= 11 is 0. The van der Waals surface area contributed by atoms with Crippen LogP contribution in [0, 0.1) is 0 Å². The van der Waals surface area contributed by atoms with Gasteiger partial charge in [0.15, 0.2) is 5.76 Å². The van der Waals surface area contributed by atoms with Crippen molar-refractivity contribution < 1.29 is 19.0 Å². The molecule has 0 aliphatic carbocycles. The molecule has 0 amide bonds. The Balaban J connectivity index is 1.90. The monoisotopic (exact) mass is 312 g/mol. The van der Waals surface area contributed by atoms with E-state index in [0.717, 1.165) is 16.9 Å². The van der Waals surface area contributed by atoms with Gasteiger partial charge in [-0.25, -0.2) is 4.79 Å². The van der Waals surface area contributed by atoms with Crippen molar-refractivity contribution in [1.82, 2.24) is 0 Å². The SMILES string of the molecule is C=C(OCC)C(=O)OCCOc1ccccc1-c1ccccc1. The molecule has 4 nitrogen and oxygen atoms in total. The van der Waals surface area contributed by atoms with Gasteiger partial charge in [0.05, 0.1) is 6.61 Å². The van der Waals surface area contributed by atoms with E-state index < -0.39 is 5.97 Å². The molecule has 0 N–H and O–H groups in total. The molecule has 0 radical (unpaired) electrons. The van der Waals surface area contributed by atoms with Crippen LogP contribution in [0.1, 0.15) is 6.92 Å². The Bertz CT molecular complexity index is 649. The van der Waals surface area contributed by atoms with E-state index in [1.54, 1.807) is 6.92 Å². The van der Waals surface area contributed by atoms with Crippen LogP contribution >= 0.6 is 0 Å². The van der Waals surface area contributed by atoms with Crippen molar-refractivity contribution in [3.63, 3.8) is 0 Å². The lowest BCUT2D eigenvalue weighted by molar-refractivity contribution is -0.143. The minimum atomic E-state index is -0.563. The highest BCUT2D eigenvalue weighted by Crippen LogP contribution is 2.29. The van der Waals surface area contributed by atoms with Crippen LogP contribution in [0.15, 0.2) is 66.9 Å². The molecule has 0 saturated heterocycles. The largest absolute Gasteiger partial charge is 0.489 e. The van der Waals surface area contributed by atoms with E-state index in [1.165, 1.54) is 0 Å². The summed E-state index contributed by atoms with van der Waals surface area (Å²) in [5.41, 5.74) is 2.07. The van der Waals surface area contributed by atoms with E-state index in [1.807, 2.05) is 54.6 Å². The fourth-order valence-electron chi connectivity index (χ4n) is 2.05. The van der Waals surface area contributed by atoms with Crippen LogP contribution in [0.25, 0.3) is 11.1 Å². The molecular formula is C19H20O4. The van der Waals surface area contributed by atoms with Crippen molar-refractivity contribution in [2.24, 2.45) is 0 Å². The van der Waals surface area contributed by atoms with Gasteiger partial charge in [-0.15, -0.1) is 0 Å². The molecule has 0 aliphatic heterocycles.